The third kappa shape index (κ3) is 3.86. The number of rotatable bonds is 5. The molecule has 1 aromatic rings. The second-order valence-electron chi connectivity index (χ2n) is 4.73. The summed E-state index contributed by atoms with van der Waals surface area (Å²) in [7, 11) is 0. The molecule has 0 aliphatic rings. The van der Waals surface area contributed by atoms with Gasteiger partial charge in [-0.05, 0) is 18.4 Å². The number of carbonyl (C=O) groups is 1. The minimum Gasteiger partial charge on any atom is -0.351 e. The third-order valence-corrected chi connectivity index (χ3v) is 3.08. The van der Waals surface area contributed by atoms with E-state index in [1.54, 1.807) is 0 Å². The lowest BCUT2D eigenvalue weighted by molar-refractivity contribution is -0.123. The smallest absolute Gasteiger partial charge is 0.227 e. The van der Waals surface area contributed by atoms with Crippen LogP contribution in [0.5, 0.6) is 0 Å². The first kappa shape index (κ1) is 13.7. The van der Waals surface area contributed by atoms with Crippen molar-refractivity contribution in [2.24, 2.45) is 11.7 Å². The van der Waals surface area contributed by atoms with Crippen molar-refractivity contribution in [2.45, 2.75) is 32.7 Å². The highest BCUT2D eigenvalue weighted by atomic mass is 16.1. The molecule has 3 N–H and O–H groups in total. The quantitative estimate of drug-likeness (QED) is 0.817. The summed E-state index contributed by atoms with van der Waals surface area (Å²) in [5, 5.41) is 3.00. The molecule has 2 atom stereocenters. The lowest BCUT2D eigenvalue weighted by Gasteiger charge is -2.22. The Balaban J connectivity index is 2.64. The Morgan fingerprint density at radius 1 is 1.24 bits per heavy atom. The molecule has 0 bridgehead atoms. The largest absolute Gasteiger partial charge is 0.351 e. The molecule has 17 heavy (non-hydrogen) atoms. The monoisotopic (exact) mass is 234 g/mol. The van der Waals surface area contributed by atoms with Gasteiger partial charge in [0.25, 0.3) is 0 Å². The molecular formula is C14H22N2O. The summed E-state index contributed by atoms with van der Waals surface area (Å²) in [4.78, 5) is 12.1. The van der Waals surface area contributed by atoms with Gasteiger partial charge in [-0.2, -0.15) is 0 Å². The van der Waals surface area contributed by atoms with Crippen molar-refractivity contribution in [1.82, 2.24) is 5.32 Å². The van der Waals surface area contributed by atoms with Gasteiger partial charge in [-0.25, -0.2) is 0 Å². The summed E-state index contributed by atoms with van der Waals surface area (Å²) >= 11 is 0. The van der Waals surface area contributed by atoms with E-state index < -0.39 is 0 Å². The number of benzene rings is 1. The van der Waals surface area contributed by atoms with Crippen LogP contribution in [0.2, 0.25) is 0 Å². The predicted molar refractivity (Wildman–Crippen MR) is 70.7 cm³/mol. The van der Waals surface area contributed by atoms with Crippen LogP contribution in [0.3, 0.4) is 0 Å². The Morgan fingerprint density at radius 2 is 1.82 bits per heavy atom. The fourth-order valence-electron chi connectivity index (χ4n) is 1.70. The summed E-state index contributed by atoms with van der Waals surface area (Å²) in [6.45, 7) is 6.51. The topological polar surface area (TPSA) is 55.1 Å². The maximum atomic E-state index is 12.1. The highest BCUT2D eigenvalue weighted by molar-refractivity contribution is 5.83. The first-order valence-corrected chi connectivity index (χ1v) is 6.11. The molecule has 0 saturated heterocycles. The van der Waals surface area contributed by atoms with Gasteiger partial charge in [0.1, 0.15) is 0 Å². The van der Waals surface area contributed by atoms with Crippen LogP contribution in [-0.2, 0) is 4.79 Å². The van der Waals surface area contributed by atoms with E-state index >= 15 is 0 Å². The summed E-state index contributed by atoms with van der Waals surface area (Å²) in [5.74, 6) is 0.260. The van der Waals surface area contributed by atoms with Gasteiger partial charge in [0.15, 0.2) is 0 Å². The fourth-order valence-corrected chi connectivity index (χ4v) is 1.70. The number of amides is 1. The summed E-state index contributed by atoms with van der Waals surface area (Å²) in [5.41, 5.74) is 6.68. The van der Waals surface area contributed by atoms with Gasteiger partial charge >= 0.3 is 0 Å². The van der Waals surface area contributed by atoms with Gasteiger partial charge in [-0.1, -0.05) is 44.2 Å². The average Bonchev–Trinajstić information content (AvgIpc) is 2.35. The molecule has 0 spiro atoms. The second kappa shape index (κ2) is 6.40. The molecule has 3 nitrogen and oxygen atoms in total. The van der Waals surface area contributed by atoms with Crippen LogP contribution in [0.4, 0.5) is 0 Å². The first-order valence-electron chi connectivity index (χ1n) is 6.11. The minimum atomic E-state index is -0.135. The predicted octanol–water partition coefficient (Wildman–Crippen LogP) is 1.89. The van der Waals surface area contributed by atoms with E-state index in [-0.39, 0.29) is 17.9 Å². The van der Waals surface area contributed by atoms with Crippen LogP contribution in [0.1, 0.15) is 32.3 Å². The molecule has 0 saturated carbocycles. The Bertz CT molecular complexity index is 348. The van der Waals surface area contributed by atoms with Crippen molar-refractivity contribution in [3.8, 4) is 0 Å². The van der Waals surface area contributed by atoms with Gasteiger partial charge in [0, 0.05) is 12.6 Å². The zero-order valence-corrected chi connectivity index (χ0v) is 10.8. The molecule has 1 amide bonds. The van der Waals surface area contributed by atoms with Crippen LogP contribution in [0, 0.1) is 5.92 Å². The van der Waals surface area contributed by atoms with E-state index in [0.717, 1.165) is 5.56 Å². The molecule has 1 aromatic carbocycles. The molecule has 0 fully saturated rings. The van der Waals surface area contributed by atoms with E-state index in [4.69, 9.17) is 5.73 Å². The average molecular weight is 234 g/mol. The zero-order valence-electron chi connectivity index (χ0n) is 10.8. The molecule has 0 aliphatic carbocycles. The molecule has 94 valence electrons. The van der Waals surface area contributed by atoms with E-state index in [2.05, 4.69) is 19.2 Å². The number of nitrogens with one attached hydrogen (secondary N) is 1. The molecular weight excluding hydrogens is 212 g/mol. The Labute approximate surface area is 103 Å². The van der Waals surface area contributed by atoms with Gasteiger partial charge in [0.2, 0.25) is 5.91 Å². The Hall–Kier alpha value is -1.35. The summed E-state index contributed by atoms with van der Waals surface area (Å²) in [6.07, 6.45) is 0. The van der Waals surface area contributed by atoms with Crippen molar-refractivity contribution in [1.29, 1.82) is 0 Å². The van der Waals surface area contributed by atoms with Crippen molar-refractivity contribution < 1.29 is 4.79 Å². The highest BCUT2D eigenvalue weighted by Gasteiger charge is 2.19. The van der Waals surface area contributed by atoms with Gasteiger partial charge in [-0.15, -0.1) is 0 Å². The van der Waals surface area contributed by atoms with Crippen LogP contribution in [0.25, 0.3) is 0 Å². The third-order valence-electron chi connectivity index (χ3n) is 3.08. The normalized spacial score (nSPS) is 14.4. The molecule has 1 rings (SSSR count). The lowest BCUT2D eigenvalue weighted by atomic mass is 9.98. The number of hydrogen-bond donors (Lipinski definition) is 2. The fraction of sp³-hybridized carbons (Fsp3) is 0.500. The van der Waals surface area contributed by atoms with Crippen molar-refractivity contribution in [3.05, 3.63) is 35.9 Å². The van der Waals surface area contributed by atoms with Crippen molar-refractivity contribution in [3.63, 3.8) is 0 Å². The molecule has 3 heteroatoms. The number of carbonyl (C=O) groups excluding carboxylic acids is 1. The standard InChI is InChI=1S/C14H22N2O/c1-10(2)13(9-15)16-14(17)11(3)12-7-5-4-6-8-12/h4-8,10-11,13H,9,15H2,1-3H3,(H,16,17). The number of nitrogens with two attached hydrogens (primary N) is 1. The number of hydrogen-bond acceptors (Lipinski definition) is 2. The molecule has 0 aromatic heterocycles. The summed E-state index contributed by atoms with van der Waals surface area (Å²) in [6, 6.07) is 9.83. The van der Waals surface area contributed by atoms with E-state index in [1.807, 2.05) is 37.3 Å². The minimum absolute atomic E-state index is 0.0420. The highest BCUT2D eigenvalue weighted by Crippen LogP contribution is 2.15. The molecule has 0 aliphatic heterocycles. The maximum absolute atomic E-state index is 12.1. The Kier molecular flexibility index (Phi) is 5.16. The van der Waals surface area contributed by atoms with Crippen LogP contribution < -0.4 is 11.1 Å². The van der Waals surface area contributed by atoms with Crippen LogP contribution in [-0.4, -0.2) is 18.5 Å². The Morgan fingerprint density at radius 3 is 2.29 bits per heavy atom. The van der Waals surface area contributed by atoms with Crippen molar-refractivity contribution in [2.75, 3.05) is 6.54 Å². The lowest BCUT2D eigenvalue weighted by Crippen LogP contribution is -2.45. The zero-order chi connectivity index (χ0) is 12.8. The SMILES string of the molecule is CC(C(=O)NC(CN)C(C)C)c1ccccc1. The molecule has 2 unspecified atom stereocenters. The van der Waals surface area contributed by atoms with E-state index in [0.29, 0.717) is 12.5 Å². The van der Waals surface area contributed by atoms with Gasteiger partial charge < -0.3 is 11.1 Å². The van der Waals surface area contributed by atoms with E-state index in [9.17, 15) is 4.79 Å². The van der Waals surface area contributed by atoms with E-state index in [1.165, 1.54) is 0 Å². The molecule has 0 radical (unpaired) electrons. The molecule has 0 heterocycles. The maximum Gasteiger partial charge on any atom is 0.227 e. The van der Waals surface area contributed by atoms with Crippen LogP contribution >= 0.6 is 0 Å². The second-order valence-corrected chi connectivity index (χ2v) is 4.73. The van der Waals surface area contributed by atoms with Gasteiger partial charge in [0.05, 0.1) is 5.92 Å². The van der Waals surface area contributed by atoms with Crippen LogP contribution in [0.15, 0.2) is 30.3 Å². The van der Waals surface area contributed by atoms with Gasteiger partial charge in [-0.3, -0.25) is 4.79 Å². The van der Waals surface area contributed by atoms with Crippen molar-refractivity contribution >= 4 is 5.91 Å². The summed E-state index contributed by atoms with van der Waals surface area (Å²) < 4.78 is 0. The first-order chi connectivity index (χ1) is 8.06.